The number of pyridine rings is 1. The molecule has 2 heterocycles. The predicted molar refractivity (Wildman–Crippen MR) is 93.4 cm³/mol. The lowest BCUT2D eigenvalue weighted by molar-refractivity contribution is -0.136. The molecule has 1 amide bonds. The SMILES string of the molecule is Cc1nn(C)c2nc(O[C@H](C)C(=O)Nc3ccccc3F)cc(C(F)(F)F)c12. The number of fused-ring (bicyclic) bond motifs is 1. The number of hydrogen-bond acceptors (Lipinski definition) is 4. The summed E-state index contributed by atoms with van der Waals surface area (Å²) >= 11 is 0. The van der Waals surface area contributed by atoms with E-state index in [2.05, 4.69) is 15.4 Å². The predicted octanol–water partition coefficient (Wildman–Crippen LogP) is 3.84. The first-order chi connectivity index (χ1) is 13.1. The minimum atomic E-state index is -4.66. The summed E-state index contributed by atoms with van der Waals surface area (Å²) in [7, 11) is 1.46. The number of amides is 1. The zero-order chi connectivity index (χ0) is 20.6. The number of hydrogen-bond donors (Lipinski definition) is 1. The molecule has 0 saturated carbocycles. The molecule has 1 atom stereocenters. The van der Waals surface area contributed by atoms with E-state index in [0.717, 1.165) is 12.1 Å². The standard InChI is InChI=1S/C18H16F4N4O2/c1-9-15-11(18(20,21)22)8-14(24-16(15)26(3)25-9)28-10(2)17(27)23-13-7-5-4-6-12(13)19/h4-8,10H,1-3H3,(H,23,27)/t10-/m1/s1. The van der Waals surface area contributed by atoms with Crippen LogP contribution in [-0.4, -0.2) is 26.8 Å². The number of rotatable bonds is 4. The Morgan fingerprint density at radius 2 is 1.96 bits per heavy atom. The van der Waals surface area contributed by atoms with Gasteiger partial charge in [-0.1, -0.05) is 12.1 Å². The van der Waals surface area contributed by atoms with Gasteiger partial charge in [-0.2, -0.15) is 23.3 Å². The molecule has 10 heteroatoms. The maximum atomic E-state index is 13.6. The van der Waals surface area contributed by atoms with Gasteiger partial charge in [0.15, 0.2) is 11.8 Å². The minimum Gasteiger partial charge on any atom is -0.464 e. The molecule has 6 nitrogen and oxygen atoms in total. The molecule has 3 rings (SSSR count). The summed E-state index contributed by atoms with van der Waals surface area (Å²) in [4.78, 5) is 16.3. The van der Waals surface area contributed by atoms with Crippen LogP contribution in [0.15, 0.2) is 30.3 Å². The van der Waals surface area contributed by atoms with Gasteiger partial charge in [0.05, 0.1) is 22.3 Å². The van der Waals surface area contributed by atoms with Crippen LogP contribution in [0.3, 0.4) is 0 Å². The largest absolute Gasteiger partial charge is 0.464 e. The Balaban J connectivity index is 1.90. The quantitative estimate of drug-likeness (QED) is 0.681. The maximum Gasteiger partial charge on any atom is 0.417 e. The van der Waals surface area contributed by atoms with E-state index in [1.54, 1.807) is 0 Å². The van der Waals surface area contributed by atoms with Crippen molar-refractivity contribution in [3.63, 3.8) is 0 Å². The summed E-state index contributed by atoms with van der Waals surface area (Å²) in [5.41, 5.74) is -0.873. The number of para-hydroxylation sites is 1. The topological polar surface area (TPSA) is 69.0 Å². The zero-order valence-electron chi connectivity index (χ0n) is 15.1. The number of aryl methyl sites for hydroxylation is 2. The number of nitrogens with zero attached hydrogens (tertiary/aromatic N) is 3. The number of carbonyl (C=O) groups excluding carboxylic acids is 1. The highest BCUT2D eigenvalue weighted by Gasteiger charge is 2.36. The Hall–Kier alpha value is -3.17. The van der Waals surface area contributed by atoms with E-state index in [0.29, 0.717) is 0 Å². The second kappa shape index (κ2) is 7.10. The monoisotopic (exact) mass is 396 g/mol. The zero-order valence-corrected chi connectivity index (χ0v) is 15.1. The molecule has 0 saturated heterocycles. The first-order valence-electron chi connectivity index (χ1n) is 8.21. The molecule has 0 aliphatic heterocycles. The number of carbonyl (C=O) groups is 1. The van der Waals surface area contributed by atoms with Crippen molar-refractivity contribution in [1.29, 1.82) is 0 Å². The second-order valence-electron chi connectivity index (χ2n) is 6.14. The molecule has 3 aromatic rings. The van der Waals surface area contributed by atoms with E-state index in [1.807, 2.05) is 0 Å². The molecular weight excluding hydrogens is 380 g/mol. The molecule has 0 bridgehead atoms. The molecule has 28 heavy (non-hydrogen) atoms. The highest BCUT2D eigenvalue weighted by molar-refractivity contribution is 5.94. The lowest BCUT2D eigenvalue weighted by Crippen LogP contribution is -2.30. The Labute approximate surface area is 157 Å². The average Bonchev–Trinajstić information content (AvgIpc) is 2.89. The van der Waals surface area contributed by atoms with E-state index < -0.39 is 29.6 Å². The van der Waals surface area contributed by atoms with Gasteiger partial charge in [0.2, 0.25) is 5.88 Å². The summed E-state index contributed by atoms with van der Waals surface area (Å²) in [5, 5.41) is 6.15. The van der Waals surface area contributed by atoms with Crippen molar-refractivity contribution < 1.29 is 27.1 Å². The number of halogens is 4. The number of nitrogens with one attached hydrogen (secondary N) is 1. The van der Waals surface area contributed by atoms with Crippen molar-refractivity contribution in [2.24, 2.45) is 7.05 Å². The number of ether oxygens (including phenoxy) is 1. The summed E-state index contributed by atoms with van der Waals surface area (Å²) in [6.07, 6.45) is -5.88. The molecular formula is C18H16F4N4O2. The van der Waals surface area contributed by atoms with Gasteiger partial charge >= 0.3 is 6.18 Å². The van der Waals surface area contributed by atoms with Crippen molar-refractivity contribution in [2.75, 3.05) is 5.32 Å². The highest BCUT2D eigenvalue weighted by atomic mass is 19.4. The van der Waals surface area contributed by atoms with E-state index in [9.17, 15) is 22.4 Å². The molecule has 0 aliphatic rings. The van der Waals surface area contributed by atoms with Crippen LogP contribution in [0.2, 0.25) is 0 Å². The fraction of sp³-hybridized carbons (Fsp3) is 0.278. The van der Waals surface area contributed by atoms with Gasteiger partial charge < -0.3 is 10.1 Å². The Bertz CT molecular complexity index is 1050. The van der Waals surface area contributed by atoms with Gasteiger partial charge in [-0.25, -0.2) is 4.39 Å². The third kappa shape index (κ3) is 3.75. The van der Waals surface area contributed by atoms with Crippen LogP contribution >= 0.6 is 0 Å². The molecule has 0 radical (unpaired) electrons. The summed E-state index contributed by atoms with van der Waals surface area (Å²) in [6.45, 7) is 2.77. The molecule has 1 N–H and O–H groups in total. The van der Waals surface area contributed by atoms with Crippen LogP contribution in [0.5, 0.6) is 5.88 Å². The van der Waals surface area contributed by atoms with Crippen molar-refractivity contribution in [3.05, 3.63) is 47.4 Å². The summed E-state index contributed by atoms with van der Waals surface area (Å²) in [5.74, 6) is -1.77. The van der Waals surface area contributed by atoms with E-state index >= 15 is 0 Å². The average molecular weight is 396 g/mol. The van der Waals surface area contributed by atoms with Crippen LogP contribution in [0.4, 0.5) is 23.2 Å². The van der Waals surface area contributed by atoms with E-state index in [4.69, 9.17) is 4.74 Å². The minimum absolute atomic E-state index is 0.0240. The van der Waals surface area contributed by atoms with Crippen molar-refractivity contribution >= 4 is 22.6 Å². The number of benzene rings is 1. The summed E-state index contributed by atoms with van der Waals surface area (Å²) < 4.78 is 60.6. The number of aromatic nitrogens is 3. The lowest BCUT2D eigenvalue weighted by atomic mass is 10.1. The maximum absolute atomic E-state index is 13.6. The second-order valence-corrected chi connectivity index (χ2v) is 6.14. The molecule has 0 spiro atoms. The van der Waals surface area contributed by atoms with Crippen molar-refractivity contribution in [1.82, 2.24) is 14.8 Å². The Morgan fingerprint density at radius 1 is 1.29 bits per heavy atom. The molecule has 0 aliphatic carbocycles. The highest BCUT2D eigenvalue weighted by Crippen LogP contribution is 2.37. The fourth-order valence-corrected chi connectivity index (χ4v) is 2.74. The third-order valence-electron chi connectivity index (χ3n) is 4.05. The van der Waals surface area contributed by atoms with E-state index in [1.165, 1.54) is 43.8 Å². The molecule has 148 valence electrons. The van der Waals surface area contributed by atoms with Crippen LogP contribution in [0, 0.1) is 12.7 Å². The van der Waals surface area contributed by atoms with Crippen LogP contribution in [0.25, 0.3) is 11.0 Å². The fourth-order valence-electron chi connectivity index (χ4n) is 2.74. The van der Waals surface area contributed by atoms with Crippen LogP contribution in [0.1, 0.15) is 18.2 Å². The van der Waals surface area contributed by atoms with Gasteiger partial charge in [-0.05, 0) is 26.0 Å². The van der Waals surface area contributed by atoms with Gasteiger partial charge in [-0.3, -0.25) is 9.48 Å². The molecule has 0 unspecified atom stereocenters. The Kier molecular flexibility index (Phi) is 4.97. The number of anilines is 1. The first kappa shape index (κ1) is 19.6. The van der Waals surface area contributed by atoms with Gasteiger partial charge in [0.25, 0.3) is 5.91 Å². The van der Waals surface area contributed by atoms with Crippen molar-refractivity contribution in [2.45, 2.75) is 26.1 Å². The molecule has 0 fully saturated rings. The van der Waals surface area contributed by atoms with Gasteiger partial charge in [-0.15, -0.1) is 0 Å². The summed E-state index contributed by atoms with van der Waals surface area (Å²) in [6, 6.07) is 6.23. The van der Waals surface area contributed by atoms with Gasteiger partial charge in [0, 0.05) is 13.1 Å². The van der Waals surface area contributed by atoms with Crippen LogP contribution in [-0.2, 0) is 18.0 Å². The van der Waals surface area contributed by atoms with E-state index in [-0.39, 0.29) is 28.3 Å². The van der Waals surface area contributed by atoms with Gasteiger partial charge in [0.1, 0.15) is 5.82 Å². The Morgan fingerprint density at radius 3 is 2.61 bits per heavy atom. The smallest absolute Gasteiger partial charge is 0.417 e. The molecule has 2 aromatic heterocycles. The van der Waals surface area contributed by atoms with Crippen LogP contribution < -0.4 is 10.1 Å². The molecule has 1 aromatic carbocycles. The van der Waals surface area contributed by atoms with Crippen molar-refractivity contribution in [3.8, 4) is 5.88 Å². The lowest BCUT2D eigenvalue weighted by Gasteiger charge is -2.16. The third-order valence-corrected chi connectivity index (χ3v) is 4.05. The first-order valence-corrected chi connectivity index (χ1v) is 8.21. The number of alkyl halides is 3. The normalized spacial score (nSPS) is 12.8.